The molecule has 0 unspecified atom stereocenters. The van der Waals surface area contributed by atoms with Crippen LogP contribution >= 0.6 is 0 Å². The smallest absolute Gasteiger partial charge is 0.311 e. The van der Waals surface area contributed by atoms with E-state index < -0.39 is 0 Å². The maximum atomic E-state index is 12.1. The summed E-state index contributed by atoms with van der Waals surface area (Å²) in [4.78, 5) is 12.1. The standard InChI is InChI=1S/C25H21NO2/c1-19-7-9-20(10-8-19)13-16-25(27)28-24-14-11-21(12-15-24)17-23(18-26)22-5-3-2-4-6-22/h2-12,14-15,17H,13,16H2,1H3/b23-17-. The lowest BCUT2D eigenvalue weighted by Gasteiger charge is -2.06. The predicted molar refractivity (Wildman–Crippen MR) is 112 cm³/mol. The number of nitrogens with zero attached hydrogens (tertiary/aromatic N) is 1. The molecule has 0 atom stereocenters. The highest BCUT2D eigenvalue weighted by Gasteiger charge is 2.06. The fourth-order valence-corrected chi connectivity index (χ4v) is 2.78. The maximum Gasteiger partial charge on any atom is 0.311 e. The number of allylic oxidation sites excluding steroid dienone is 1. The summed E-state index contributed by atoms with van der Waals surface area (Å²) in [5.74, 6) is 0.246. The van der Waals surface area contributed by atoms with Crippen molar-refractivity contribution in [3.63, 3.8) is 0 Å². The topological polar surface area (TPSA) is 50.1 Å². The number of rotatable bonds is 6. The highest BCUT2D eigenvalue weighted by atomic mass is 16.5. The Kier molecular flexibility index (Phi) is 6.38. The molecule has 3 aromatic rings. The molecule has 0 heterocycles. The summed E-state index contributed by atoms with van der Waals surface area (Å²) in [6.45, 7) is 2.04. The van der Waals surface area contributed by atoms with Crippen LogP contribution in [0.3, 0.4) is 0 Å². The van der Waals surface area contributed by atoms with E-state index in [2.05, 4.69) is 6.07 Å². The summed E-state index contributed by atoms with van der Waals surface area (Å²) < 4.78 is 5.41. The van der Waals surface area contributed by atoms with Gasteiger partial charge in [-0.2, -0.15) is 5.26 Å². The molecule has 0 aliphatic rings. The van der Waals surface area contributed by atoms with E-state index in [1.165, 1.54) is 5.56 Å². The lowest BCUT2D eigenvalue weighted by Crippen LogP contribution is -2.09. The Morgan fingerprint density at radius 3 is 2.29 bits per heavy atom. The number of carbonyl (C=O) groups is 1. The molecule has 0 bridgehead atoms. The maximum absolute atomic E-state index is 12.1. The molecule has 0 spiro atoms. The molecule has 138 valence electrons. The highest BCUT2D eigenvalue weighted by Crippen LogP contribution is 2.20. The van der Waals surface area contributed by atoms with Crippen LogP contribution in [-0.2, 0) is 11.2 Å². The van der Waals surface area contributed by atoms with Crippen LogP contribution in [0.5, 0.6) is 5.75 Å². The van der Waals surface area contributed by atoms with Gasteiger partial charge in [0.2, 0.25) is 0 Å². The van der Waals surface area contributed by atoms with Crippen molar-refractivity contribution in [2.24, 2.45) is 0 Å². The number of carbonyl (C=O) groups excluding carboxylic acids is 1. The number of esters is 1. The second kappa shape index (κ2) is 9.34. The minimum absolute atomic E-state index is 0.258. The Morgan fingerprint density at radius 2 is 1.64 bits per heavy atom. The Morgan fingerprint density at radius 1 is 0.964 bits per heavy atom. The summed E-state index contributed by atoms with van der Waals surface area (Å²) in [5.41, 5.74) is 4.65. The van der Waals surface area contributed by atoms with Crippen LogP contribution in [0.2, 0.25) is 0 Å². The Hall–Kier alpha value is -3.64. The van der Waals surface area contributed by atoms with Crippen LogP contribution in [-0.4, -0.2) is 5.97 Å². The first-order valence-corrected chi connectivity index (χ1v) is 9.17. The monoisotopic (exact) mass is 367 g/mol. The fraction of sp³-hybridized carbons (Fsp3) is 0.120. The van der Waals surface area contributed by atoms with Gasteiger partial charge < -0.3 is 4.74 Å². The third-order valence-electron chi connectivity index (χ3n) is 4.37. The quantitative estimate of drug-likeness (QED) is 0.247. The number of hydrogen-bond donors (Lipinski definition) is 0. The molecule has 0 radical (unpaired) electrons. The van der Waals surface area contributed by atoms with Gasteiger partial charge in [0.05, 0.1) is 11.6 Å². The van der Waals surface area contributed by atoms with E-state index in [1.807, 2.05) is 79.7 Å². The highest BCUT2D eigenvalue weighted by molar-refractivity contribution is 5.89. The summed E-state index contributed by atoms with van der Waals surface area (Å²) in [6, 6.07) is 27.1. The van der Waals surface area contributed by atoms with Gasteiger partial charge in [-0.05, 0) is 48.2 Å². The molecule has 3 aromatic carbocycles. The third kappa shape index (κ3) is 5.43. The fourth-order valence-electron chi connectivity index (χ4n) is 2.78. The van der Waals surface area contributed by atoms with Gasteiger partial charge in [-0.25, -0.2) is 0 Å². The largest absolute Gasteiger partial charge is 0.427 e. The van der Waals surface area contributed by atoms with E-state index in [0.29, 0.717) is 24.2 Å². The summed E-state index contributed by atoms with van der Waals surface area (Å²) in [7, 11) is 0. The Labute approximate surface area is 165 Å². The van der Waals surface area contributed by atoms with Crippen LogP contribution in [0, 0.1) is 18.3 Å². The first-order chi connectivity index (χ1) is 13.6. The van der Waals surface area contributed by atoms with Crippen molar-refractivity contribution in [3.05, 3.63) is 101 Å². The van der Waals surface area contributed by atoms with Gasteiger partial charge in [-0.1, -0.05) is 72.3 Å². The van der Waals surface area contributed by atoms with E-state index in [4.69, 9.17) is 4.74 Å². The first kappa shape index (κ1) is 19.1. The molecule has 0 aliphatic carbocycles. The van der Waals surface area contributed by atoms with Crippen molar-refractivity contribution in [2.75, 3.05) is 0 Å². The number of aryl methyl sites for hydroxylation is 2. The predicted octanol–water partition coefficient (Wildman–Crippen LogP) is 5.60. The van der Waals surface area contributed by atoms with Crippen LogP contribution in [0.4, 0.5) is 0 Å². The first-order valence-electron chi connectivity index (χ1n) is 9.17. The molecule has 0 aliphatic heterocycles. The molecule has 3 nitrogen and oxygen atoms in total. The molecule has 0 N–H and O–H groups in total. The number of ether oxygens (including phenoxy) is 1. The zero-order chi connectivity index (χ0) is 19.8. The van der Waals surface area contributed by atoms with Gasteiger partial charge in [-0.3, -0.25) is 4.79 Å². The molecule has 3 heteroatoms. The second-order valence-electron chi connectivity index (χ2n) is 6.56. The van der Waals surface area contributed by atoms with Crippen LogP contribution in [0.1, 0.15) is 28.7 Å². The average Bonchev–Trinajstić information content (AvgIpc) is 2.73. The van der Waals surface area contributed by atoms with Gasteiger partial charge in [0.25, 0.3) is 0 Å². The van der Waals surface area contributed by atoms with Gasteiger partial charge in [0, 0.05) is 6.42 Å². The van der Waals surface area contributed by atoms with Crippen molar-refractivity contribution in [3.8, 4) is 11.8 Å². The van der Waals surface area contributed by atoms with Gasteiger partial charge in [0.1, 0.15) is 5.75 Å². The molecule has 0 amide bonds. The number of benzene rings is 3. The molecular formula is C25H21NO2. The van der Waals surface area contributed by atoms with Crippen molar-refractivity contribution in [2.45, 2.75) is 19.8 Å². The number of hydrogen-bond acceptors (Lipinski definition) is 3. The molecule has 0 saturated heterocycles. The zero-order valence-corrected chi connectivity index (χ0v) is 15.8. The van der Waals surface area contributed by atoms with Gasteiger partial charge >= 0.3 is 5.97 Å². The summed E-state index contributed by atoms with van der Waals surface area (Å²) in [5, 5.41) is 9.39. The van der Waals surface area contributed by atoms with E-state index in [0.717, 1.165) is 16.7 Å². The van der Waals surface area contributed by atoms with E-state index in [9.17, 15) is 10.1 Å². The lowest BCUT2D eigenvalue weighted by molar-refractivity contribution is -0.134. The third-order valence-corrected chi connectivity index (χ3v) is 4.37. The lowest BCUT2D eigenvalue weighted by atomic mass is 10.0. The molecule has 0 aromatic heterocycles. The average molecular weight is 367 g/mol. The molecule has 28 heavy (non-hydrogen) atoms. The summed E-state index contributed by atoms with van der Waals surface area (Å²) >= 11 is 0. The van der Waals surface area contributed by atoms with Crippen molar-refractivity contribution in [1.29, 1.82) is 5.26 Å². The van der Waals surface area contributed by atoms with Gasteiger partial charge in [0.15, 0.2) is 0 Å². The van der Waals surface area contributed by atoms with Crippen molar-refractivity contribution in [1.82, 2.24) is 0 Å². The van der Waals surface area contributed by atoms with Gasteiger partial charge in [-0.15, -0.1) is 0 Å². The normalized spacial score (nSPS) is 10.9. The zero-order valence-electron chi connectivity index (χ0n) is 15.8. The Bertz CT molecular complexity index is 995. The van der Waals surface area contributed by atoms with E-state index >= 15 is 0 Å². The Balaban J connectivity index is 1.59. The molecule has 0 saturated carbocycles. The molecular weight excluding hydrogens is 346 g/mol. The second-order valence-corrected chi connectivity index (χ2v) is 6.56. The van der Waals surface area contributed by atoms with Crippen molar-refractivity contribution >= 4 is 17.6 Å². The van der Waals surface area contributed by atoms with E-state index in [1.54, 1.807) is 12.1 Å². The molecule has 0 fully saturated rings. The minimum Gasteiger partial charge on any atom is -0.427 e. The van der Waals surface area contributed by atoms with Crippen molar-refractivity contribution < 1.29 is 9.53 Å². The minimum atomic E-state index is -0.258. The van der Waals surface area contributed by atoms with E-state index in [-0.39, 0.29) is 5.97 Å². The van der Waals surface area contributed by atoms with Crippen LogP contribution in [0.25, 0.3) is 11.6 Å². The summed E-state index contributed by atoms with van der Waals surface area (Å²) in [6.07, 6.45) is 2.80. The molecule has 3 rings (SSSR count). The number of nitriles is 1. The SMILES string of the molecule is Cc1ccc(CCC(=O)Oc2ccc(/C=C(/C#N)c3ccccc3)cc2)cc1. The van der Waals surface area contributed by atoms with Crippen LogP contribution < -0.4 is 4.74 Å². The van der Waals surface area contributed by atoms with Crippen LogP contribution in [0.15, 0.2) is 78.9 Å².